The Morgan fingerprint density at radius 1 is 0.268 bits per heavy atom. The van der Waals surface area contributed by atoms with Gasteiger partial charge in [-0.1, -0.05) is 29.3 Å². The zero-order chi connectivity index (χ0) is 29.6. The third kappa shape index (κ3) is 40.0. The van der Waals surface area contributed by atoms with Crippen LogP contribution in [-0.2, 0) is 56.8 Å². The van der Waals surface area contributed by atoms with E-state index in [9.17, 15) is 0 Å². The second-order valence-electron chi connectivity index (χ2n) is 8.39. The fraction of sp³-hybridized carbons (Fsp3) is 1.00. The van der Waals surface area contributed by atoms with Gasteiger partial charge >= 0.3 is 0 Å². The minimum atomic E-state index is 0.520. The van der Waals surface area contributed by atoms with Crippen molar-refractivity contribution in [2.45, 2.75) is 19.8 Å². The Morgan fingerprint density at radius 3 is 0.610 bits per heavy atom. The molecule has 41 heavy (non-hydrogen) atoms. The van der Waals surface area contributed by atoms with Crippen LogP contribution in [0.1, 0.15) is 19.8 Å². The topological polar surface area (TPSA) is 111 Å². The lowest BCUT2D eigenvalue weighted by Gasteiger charge is -2.09. The molecule has 0 saturated heterocycles. The Balaban J connectivity index is 3.02. The SMILES string of the molecule is CCCCOCCOCCOCCOCCOCCOCCOCCOCCOCCOCCOCCOCCBr. The van der Waals surface area contributed by atoms with Crippen LogP contribution in [0, 0.1) is 0 Å². The standard InChI is InChI=1S/C28H57BrO12/c1-2-3-5-30-7-9-32-11-13-34-15-17-36-19-21-38-23-25-40-27-28-41-26-24-39-22-20-37-18-16-35-14-12-33-10-8-31-6-4-29/h2-28H2,1H3. The molecule has 0 N–H and O–H groups in total. The monoisotopic (exact) mass is 664 g/mol. The maximum Gasteiger partial charge on any atom is 0.0701 e. The zero-order valence-corrected chi connectivity index (χ0v) is 27.0. The quantitative estimate of drug-likeness (QED) is 0.0714. The van der Waals surface area contributed by atoms with Crippen LogP contribution in [0.15, 0.2) is 0 Å². The molecule has 0 aromatic carbocycles. The maximum atomic E-state index is 5.47. The van der Waals surface area contributed by atoms with Gasteiger partial charge in [0.2, 0.25) is 0 Å². The summed E-state index contributed by atoms with van der Waals surface area (Å²) in [7, 11) is 0. The molecule has 0 aromatic rings. The van der Waals surface area contributed by atoms with E-state index in [1.807, 2.05) is 0 Å². The average molecular weight is 666 g/mol. The molecule has 12 nitrogen and oxygen atoms in total. The van der Waals surface area contributed by atoms with E-state index in [-0.39, 0.29) is 0 Å². The summed E-state index contributed by atoms with van der Waals surface area (Å²) in [5.74, 6) is 0. The van der Waals surface area contributed by atoms with Crippen molar-refractivity contribution < 1.29 is 56.8 Å². The molecule has 248 valence electrons. The summed E-state index contributed by atoms with van der Waals surface area (Å²) in [5.41, 5.74) is 0. The van der Waals surface area contributed by atoms with Crippen LogP contribution in [0.4, 0.5) is 0 Å². The number of ether oxygens (including phenoxy) is 12. The molecule has 0 heterocycles. The lowest BCUT2D eigenvalue weighted by atomic mass is 10.4. The van der Waals surface area contributed by atoms with Gasteiger partial charge in [0.25, 0.3) is 0 Å². The number of halogens is 1. The zero-order valence-electron chi connectivity index (χ0n) is 25.4. The van der Waals surface area contributed by atoms with E-state index >= 15 is 0 Å². The van der Waals surface area contributed by atoms with Gasteiger partial charge in [-0.25, -0.2) is 0 Å². The first-order valence-electron chi connectivity index (χ1n) is 14.9. The molecule has 0 bridgehead atoms. The van der Waals surface area contributed by atoms with Gasteiger partial charge in [0.15, 0.2) is 0 Å². The van der Waals surface area contributed by atoms with E-state index in [1.54, 1.807) is 0 Å². The van der Waals surface area contributed by atoms with Crippen molar-refractivity contribution in [3.8, 4) is 0 Å². The first-order valence-corrected chi connectivity index (χ1v) is 16.0. The maximum absolute atomic E-state index is 5.47. The highest BCUT2D eigenvalue weighted by Gasteiger charge is 1.96. The molecule has 0 radical (unpaired) electrons. The molecular formula is C28H57BrO12. The van der Waals surface area contributed by atoms with Crippen LogP contribution in [0.3, 0.4) is 0 Å². The van der Waals surface area contributed by atoms with E-state index in [0.29, 0.717) is 152 Å². The van der Waals surface area contributed by atoms with Gasteiger partial charge in [-0.3, -0.25) is 0 Å². The van der Waals surface area contributed by atoms with Crippen molar-refractivity contribution in [1.29, 1.82) is 0 Å². The second kappa shape index (κ2) is 40.0. The molecule has 0 atom stereocenters. The summed E-state index contributed by atoms with van der Waals surface area (Å²) in [6.45, 7) is 15.7. The molecule has 0 fully saturated rings. The first kappa shape index (κ1) is 41.0. The van der Waals surface area contributed by atoms with Crippen LogP contribution < -0.4 is 0 Å². The summed E-state index contributed by atoms with van der Waals surface area (Å²) >= 11 is 3.30. The number of rotatable bonds is 38. The Hall–Kier alpha value is 0.0000000000000000555. The predicted molar refractivity (Wildman–Crippen MR) is 159 cm³/mol. The van der Waals surface area contributed by atoms with Crippen LogP contribution in [0.2, 0.25) is 0 Å². The fourth-order valence-electron chi connectivity index (χ4n) is 2.82. The van der Waals surface area contributed by atoms with Crippen LogP contribution in [-0.4, -0.2) is 164 Å². The lowest BCUT2D eigenvalue weighted by Crippen LogP contribution is -2.15. The van der Waals surface area contributed by atoms with Crippen LogP contribution in [0.5, 0.6) is 0 Å². The van der Waals surface area contributed by atoms with Gasteiger partial charge < -0.3 is 56.8 Å². The van der Waals surface area contributed by atoms with Crippen molar-refractivity contribution in [2.75, 3.05) is 164 Å². The summed E-state index contributed by atoms with van der Waals surface area (Å²) in [5, 5.41) is 0.839. The largest absolute Gasteiger partial charge is 0.379 e. The van der Waals surface area contributed by atoms with E-state index in [4.69, 9.17) is 56.8 Å². The highest BCUT2D eigenvalue weighted by molar-refractivity contribution is 9.09. The molecule has 0 aliphatic rings. The Morgan fingerprint density at radius 2 is 0.439 bits per heavy atom. The summed E-state index contributed by atoms with van der Waals surface area (Å²) in [6, 6.07) is 0. The fourth-order valence-corrected chi connectivity index (χ4v) is 3.05. The van der Waals surface area contributed by atoms with Crippen LogP contribution >= 0.6 is 15.9 Å². The van der Waals surface area contributed by atoms with Gasteiger partial charge in [0.1, 0.15) is 0 Å². The van der Waals surface area contributed by atoms with Crippen molar-refractivity contribution in [2.24, 2.45) is 0 Å². The summed E-state index contributed by atoms with van der Waals surface area (Å²) in [6.07, 6.45) is 2.24. The normalized spacial score (nSPS) is 11.6. The number of hydrogen-bond acceptors (Lipinski definition) is 12. The molecule has 0 spiro atoms. The van der Waals surface area contributed by atoms with E-state index in [1.165, 1.54) is 0 Å². The van der Waals surface area contributed by atoms with Gasteiger partial charge in [-0.2, -0.15) is 0 Å². The molecule has 0 aliphatic carbocycles. The third-order valence-electron chi connectivity index (χ3n) is 4.96. The Labute approximate surface area is 256 Å². The van der Waals surface area contributed by atoms with Crippen molar-refractivity contribution in [1.82, 2.24) is 0 Å². The lowest BCUT2D eigenvalue weighted by molar-refractivity contribution is -0.0282. The van der Waals surface area contributed by atoms with Gasteiger partial charge in [-0.05, 0) is 6.42 Å². The average Bonchev–Trinajstić information content (AvgIpc) is 2.98. The minimum absolute atomic E-state index is 0.520. The molecule has 0 aliphatic heterocycles. The smallest absolute Gasteiger partial charge is 0.0701 e. The summed E-state index contributed by atoms with van der Waals surface area (Å²) in [4.78, 5) is 0. The second-order valence-corrected chi connectivity index (χ2v) is 9.18. The molecular weight excluding hydrogens is 608 g/mol. The molecule has 0 aromatic heterocycles. The predicted octanol–water partition coefficient (Wildman–Crippen LogP) is 2.38. The molecule has 13 heteroatoms. The Bertz CT molecular complexity index is 416. The highest BCUT2D eigenvalue weighted by Crippen LogP contribution is 1.89. The molecule has 0 saturated carbocycles. The number of hydrogen-bond donors (Lipinski definition) is 0. The summed E-state index contributed by atoms with van der Waals surface area (Å²) < 4.78 is 65.2. The van der Waals surface area contributed by atoms with E-state index < -0.39 is 0 Å². The minimum Gasteiger partial charge on any atom is -0.379 e. The van der Waals surface area contributed by atoms with Gasteiger partial charge in [-0.15, -0.1) is 0 Å². The van der Waals surface area contributed by atoms with E-state index in [2.05, 4.69) is 22.9 Å². The van der Waals surface area contributed by atoms with Crippen molar-refractivity contribution >= 4 is 15.9 Å². The van der Waals surface area contributed by atoms with Gasteiger partial charge in [0.05, 0.1) is 152 Å². The highest BCUT2D eigenvalue weighted by atomic mass is 79.9. The number of unbranched alkanes of at least 4 members (excludes halogenated alkanes) is 1. The molecule has 0 unspecified atom stereocenters. The third-order valence-corrected chi connectivity index (χ3v) is 5.28. The van der Waals surface area contributed by atoms with Gasteiger partial charge in [0, 0.05) is 11.9 Å². The van der Waals surface area contributed by atoms with Crippen molar-refractivity contribution in [3.63, 3.8) is 0 Å². The van der Waals surface area contributed by atoms with Crippen molar-refractivity contribution in [3.05, 3.63) is 0 Å². The number of alkyl halides is 1. The molecule has 0 rings (SSSR count). The Kier molecular flexibility index (Phi) is 40.0. The first-order chi connectivity index (χ1) is 20.4. The molecule has 0 amide bonds. The van der Waals surface area contributed by atoms with E-state index in [0.717, 1.165) is 24.8 Å². The van der Waals surface area contributed by atoms with Crippen LogP contribution in [0.25, 0.3) is 0 Å².